The average Bonchev–Trinajstić information content (AvgIpc) is 2.69. The minimum Gasteiger partial charge on any atom is -0.508 e. The molecule has 0 aromatic heterocycles. The monoisotopic (exact) mass is 439 g/mol. The molecular formula is C19H25N3O9. The van der Waals surface area contributed by atoms with Crippen LogP contribution < -0.4 is 16.4 Å². The molecule has 0 spiro atoms. The molecule has 0 saturated carbocycles. The van der Waals surface area contributed by atoms with E-state index in [9.17, 15) is 34.2 Å². The third kappa shape index (κ3) is 9.58. The SMILES string of the molecule is N[C@H](CCC(=O)O)C(=O)N[C@H](Cc1ccc(O)cc1)C(=O)N[C@H](CCC(=O)O)C(=O)O. The van der Waals surface area contributed by atoms with Crippen molar-refractivity contribution in [3.05, 3.63) is 29.8 Å². The van der Waals surface area contributed by atoms with Crippen molar-refractivity contribution in [2.24, 2.45) is 5.73 Å². The molecule has 1 rings (SSSR count). The van der Waals surface area contributed by atoms with Gasteiger partial charge in [-0.15, -0.1) is 0 Å². The number of phenolic OH excluding ortho intramolecular Hbond substituents is 1. The van der Waals surface area contributed by atoms with Gasteiger partial charge in [0.05, 0.1) is 6.04 Å². The molecule has 1 aromatic rings. The smallest absolute Gasteiger partial charge is 0.326 e. The normalized spacial score (nSPS) is 13.5. The number of aliphatic carboxylic acids is 3. The molecule has 0 aliphatic heterocycles. The highest BCUT2D eigenvalue weighted by Crippen LogP contribution is 2.12. The molecule has 0 aliphatic rings. The van der Waals surface area contributed by atoms with Gasteiger partial charge in [0.25, 0.3) is 0 Å². The van der Waals surface area contributed by atoms with Gasteiger partial charge in [0, 0.05) is 19.3 Å². The van der Waals surface area contributed by atoms with Gasteiger partial charge in [0.15, 0.2) is 0 Å². The molecule has 0 fully saturated rings. The zero-order chi connectivity index (χ0) is 23.6. The van der Waals surface area contributed by atoms with Gasteiger partial charge >= 0.3 is 17.9 Å². The van der Waals surface area contributed by atoms with E-state index in [1.165, 1.54) is 24.3 Å². The maximum atomic E-state index is 12.7. The first kappa shape index (κ1) is 25.4. The quantitative estimate of drug-likeness (QED) is 0.200. The molecule has 12 nitrogen and oxygen atoms in total. The second-order valence-electron chi connectivity index (χ2n) is 6.80. The summed E-state index contributed by atoms with van der Waals surface area (Å²) in [5.74, 6) is -5.54. The summed E-state index contributed by atoms with van der Waals surface area (Å²) in [5, 5.41) is 40.6. The second kappa shape index (κ2) is 12.1. The van der Waals surface area contributed by atoms with Crippen LogP contribution in [0.2, 0.25) is 0 Å². The standard InChI is InChI=1S/C19H25N3O9/c20-12(5-7-15(24)25)17(28)22-14(9-10-1-3-11(23)4-2-10)18(29)21-13(19(30)31)6-8-16(26)27/h1-4,12-14,23H,5-9,20H2,(H,21,29)(H,22,28)(H,24,25)(H,26,27)(H,30,31)/t12-,13-,14-/m1/s1. The molecular weight excluding hydrogens is 414 g/mol. The van der Waals surface area contributed by atoms with E-state index in [1.54, 1.807) is 0 Å². The van der Waals surface area contributed by atoms with E-state index in [0.29, 0.717) is 5.56 Å². The number of hydrogen-bond acceptors (Lipinski definition) is 7. The number of carboxylic acids is 3. The fraction of sp³-hybridized carbons (Fsp3) is 0.421. The van der Waals surface area contributed by atoms with Crippen LogP contribution in [0.15, 0.2) is 24.3 Å². The number of rotatable bonds is 13. The van der Waals surface area contributed by atoms with E-state index >= 15 is 0 Å². The highest BCUT2D eigenvalue weighted by molar-refractivity contribution is 5.92. The van der Waals surface area contributed by atoms with Crippen molar-refractivity contribution in [1.82, 2.24) is 10.6 Å². The lowest BCUT2D eigenvalue weighted by molar-refractivity contribution is -0.143. The number of hydrogen-bond donors (Lipinski definition) is 7. The Morgan fingerprint density at radius 1 is 0.806 bits per heavy atom. The minimum absolute atomic E-state index is 0.0240. The van der Waals surface area contributed by atoms with Crippen LogP contribution >= 0.6 is 0 Å². The summed E-state index contributed by atoms with van der Waals surface area (Å²) in [5.41, 5.74) is 6.18. The fourth-order valence-electron chi connectivity index (χ4n) is 2.56. The van der Waals surface area contributed by atoms with E-state index in [4.69, 9.17) is 15.9 Å². The van der Waals surface area contributed by atoms with Gasteiger partial charge < -0.3 is 36.8 Å². The maximum Gasteiger partial charge on any atom is 0.326 e. The first-order valence-electron chi connectivity index (χ1n) is 9.30. The molecule has 170 valence electrons. The van der Waals surface area contributed by atoms with Crippen molar-refractivity contribution in [2.75, 3.05) is 0 Å². The minimum atomic E-state index is -1.50. The Kier molecular flexibility index (Phi) is 9.92. The Morgan fingerprint density at radius 2 is 1.32 bits per heavy atom. The first-order chi connectivity index (χ1) is 14.5. The van der Waals surface area contributed by atoms with Crippen molar-refractivity contribution >= 4 is 29.7 Å². The highest BCUT2D eigenvalue weighted by Gasteiger charge is 2.28. The Morgan fingerprint density at radius 3 is 1.84 bits per heavy atom. The van der Waals surface area contributed by atoms with Crippen LogP contribution in [0.25, 0.3) is 0 Å². The van der Waals surface area contributed by atoms with Gasteiger partial charge in [-0.3, -0.25) is 19.2 Å². The summed E-state index contributed by atoms with van der Waals surface area (Å²) in [4.78, 5) is 57.7. The molecule has 1 aromatic carbocycles. The molecule has 0 radical (unpaired) electrons. The van der Waals surface area contributed by atoms with Crippen LogP contribution in [0, 0.1) is 0 Å². The summed E-state index contributed by atoms with van der Waals surface area (Å²) in [6.45, 7) is 0. The van der Waals surface area contributed by atoms with E-state index in [2.05, 4.69) is 10.6 Å². The molecule has 0 unspecified atom stereocenters. The second-order valence-corrected chi connectivity index (χ2v) is 6.80. The Labute approximate surface area is 177 Å². The third-order valence-electron chi connectivity index (χ3n) is 4.28. The molecule has 2 amide bonds. The summed E-state index contributed by atoms with van der Waals surface area (Å²) < 4.78 is 0. The molecule has 0 heterocycles. The van der Waals surface area contributed by atoms with Crippen LogP contribution in [-0.4, -0.2) is 68.3 Å². The van der Waals surface area contributed by atoms with Gasteiger partial charge in [-0.1, -0.05) is 12.1 Å². The zero-order valence-electron chi connectivity index (χ0n) is 16.5. The van der Waals surface area contributed by atoms with Crippen LogP contribution in [0.5, 0.6) is 5.75 Å². The van der Waals surface area contributed by atoms with E-state index in [-0.39, 0.29) is 31.4 Å². The van der Waals surface area contributed by atoms with E-state index in [0.717, 1.165) is 0 Å². The fourth-order valence-corrected chi connectivity index (χ4v) is 2.56. The number of carboxylic acid groups (broad SMARTS) is 3. The molecule has 0 bridgehead atoms. The molecule has 0 saturated heterocycles. The topological polar surface area (TPSA) is 216 Å². The molecule has 12 heteroatoms. The number of carbonyl (C=O) groups excluding carboxylic acids is 2. The first-order valence-corrected chi connectivity index (χ1v) is 9.30. The summed E-state index contributed by atoms with van der Waals surface area (Å²) in [6.07, 6.45) is -1.49. The van der Waals surface area contributed by atoms with Crippen molar-refractivity contribution in [1.29, 1.82) is 0 Å². The van der Waals surface area contributed by atoms with Crippen LogP contribution in [0.3, 0.4) is 0 Å². The van der Waals surface area contributed by atoms with Crippen molar-refractivity contribution in [2.45, 2.75) is 50.2 Å². The predicted molar refractivity (Wildman–Crippen MR) is 105 cm³/mol. The summed E-state index contributed by atoms with van der Waals surface area (Å²) in [7, 11) is 0. The lowest BCUT2D eigenvalue weighted by Gasteiger charge is -2.23. The van der Waals surface area contributed by atoms with Crippen molar-refractivity contribution in [3.63, 3.8) is 0 Å². The van der Waals surface area contributed by atoms with E-state index in [1.807, 2.05) is 0 Å². The average molecular weight is 439 g/mol. The number of nitrogens with two attached hydrogens (primary N) is 1. The molecule has 8 N–H and O–H groups in total. The van der Waals surface area contributed by atoms with Crippen LogP contribution in [-0.2, 0) is 30.4 Å². The summed E-state index contributed by atoms with van der Waals surface area (Å²) >= 11 is 0. The number of amides is 2. The van der Waals surface area contributed by atoms with Gasteiger partial charge in [0.1, 0.15) is 17.8 Å². The third-order valence-corrected chi connectivity index (χ3v) is 4.28. The van der Waals surface area contributed by atoms with E-state index < -0.39 is 54.3 Å². The van der Waals surface area contributed by atoms with Crippen molar-refractivity contribution < 1.29 is 44.4 Å². The van der Waals surface area contributed by atoms with Gasteiger partial charge in [-0.05, 0) is 30.5 Å². The largest absolute Gasteiger partial charge is 0.508 e. The molecule has 3 atom stereocenters. The Bertz CT molecular complexity index is 810. The number of benzene rings is 1. The Balaban J connectivity index is 2.96. The molecule has 0 aliphatic carbocycles. The van der Waals surface area contributed by atoms with Crippen LogP contribution in [0.1, 0.15) is 31.2 Å². The number of phenols is 1. The van der Waals surface area contributed by atoms with Gasteiger partial charge in [-0.25, -0.2) is 4.79 Å². The summed E-state index contributed by atoms with van der Waals surface area (Å²) in [6, 6.07) is 1.71. The van der Waals surface area contributed by atoms with Crippen LogP contribution in [0.4, 0.5) is 0 Å². The van der Waals surface area contributed by atoms with Gasteiger partial charge in [-0.2, -0.15) is 0 Å². The number of nitrogens with one attached hydrogen (secondary N) is 2. The maximum absolute atomic E-state index is 12.7. The predicted octanol–water partition coefficient (Wildman–Crippen LogP) is -0.954. The Hall–Kier alpha value is -3.67. The van der Waals surface area contributed by atoms with Gasteiger partial charge in [0.2, 0.25) is 11.8 Å². The lowest BCUT2D eigenvalue weighted by Crippen LogP contribution is -2.55. The van der Waals surface area contributed by atoms with Crippen molar-refractivity contribution in [3.8, 4) is 5.75 Å². The number of aromatic hydroxyl groups is 1. The lowest BCUT2D eigenvalue weighted by atomic mass is 10.0. The zero-order valence-corrected chi connectivity index (χ0v) is 16.5. The molecule has 31 heavy (non-hydrogen) atoms. The highest BCUT2D eigenvalue weighted by atomic mass is 16.4. The number of carbonyl (C=O) groups is 5.